The lowest BCUT2D eigenvalue weighted by molar-refractivity contribution is -0.132. The molecule has 3 nitrogen and oxygen atoms in total. The first-order valence-electron chi connectivity index (χ1n) is 5.28. The van der Waals surface area contributed by atoms with Gasteiger partial charge in [-0.25, -0.2) is 0 Å². The van der Waals surface area contributed by atoms with Crippen molar-refractivity contribution in [3.05, 3.63) is 34.3 Å². The molecule has 0 saturated carbocycles. The zero-order valence-electron chi connectivity index (χ0n) is 10.0. The van der Waals surface area contributed by atoms with Gasteiger partial charge in [-0.3, -0.25) is 4.79 Å². The van der Waals surface area contributed by atoms with Gasteiger partial charge in [-0.15, -0.1) is 12.4 Å². The van der Waals surface area contributed by atoms with Crippen molar-refractivity contribution < 1.29 is 4.79 Å². The van der Waals surface area contributed by atoms with Gasteiger partial charge in [0, 0.05) is 17.1 Å². The molecule has 96 valence electrons. The summed E-state index contributed by atoms with van der Waals surface area (Å²) in [6.45, 7) is 4.65. The molecule has 0 spiro atoms. The highest BCUT2D eigenvalue weighted by Crippen LogP contribution is 2.14. The lowest BCUT2D eigenvalue weighted by atomic mass is 10.2. The lowest BCUT2D eigenvalue weighted by Crippen LogP contribution is -2.40. The van der Waals surface area contributed by atoms with Crippen LogP contribution in [-0.2, 0) is 11.3 Å². The number of hydrogen-bond acceptors (Lipinski definition) is 2. The smallest absolute Gasteiger partial charge is 0.236 e. The van der Waals surface area contributed by atoms with Crippen molar-refractivity contribution in [2.24, 2.45) is 5.73 Å². The Morgan fingerprint density at radius 1 is 1.47 bits per heavy atom. The van der Waals surface area contributed by atoms with Crippen LogP contribution in [0.25, 0.3) is 0 Å². The maximum absolute atomic E-state index is 11.6. The lowest BCUT2D eigenvalue weighted by Gasteiger charge is -2.26. The zero-order valence-corrected chi connectivity index (χ0v) is 12.4. The van der Waals surface area contributed by atoms with E-state index < -0.39 is 0 Å². The first-order chi connectivity index (χ1) is 7.54. The Hall–Kier alpha value is -0.580. The Labute approximate surface area is 117 Å². The molecule has 0 atom stereocenters. The Morgan fingerprint density at radius 2 is 2.12 bits per heavy atom. The molecule has 1 amide bonds. The number of amides is 1. The minimum absolute atomic E-state index is 0. The molecule has 0 heterocycles. The van der Waals surface area contributed by atoms with Gasteiger partial charge in [0.15, 0.2) is 0 Å². The second-order valence-corrected chi connectivity index (χ2v) is 4.87. The van der Waals surface area contributed by atoms with Gasteiger partial charge in [-0.1, -0.05) is 28.1 Å². The first-order valence-corrected chi connectivity index (χ1v) is 6.08. The standard InChI is InChI=1S/C12H17BrN2O.ClH/c1-9(2)15(12(16)7-14)8-10-4-3-5-11(13)6-10;/h3-6,9H,7-8,14H2,1-2H3;1H. The third-order valence-corrected chi connectivity index (χ3v) is 2.85. The van der Waals surface area contributed by atoms with Crippen LogP contribution in [0.15, 0.2) is 28.7 Å². The van der Waals surface area contributed by atoms with Crippen LogP contribution < -0.4 is 5.73 Å². The summed E-state index contributed by atoms with van der Waals surface area (Å²) >= 11 is 3.42. The highest BCUT2D eigenvalue weighted by Gasteiger charge is 2.15. The van der Waals surface area contributed by atoms with Gasteiger partial charge in [-0.2, -0.15) is 0 Å². The van der Waals surface area contributed by atoms with Crippen molar-refractivity contribution in [2.75, 3.05) is 6.54 Å². The van der Waals surface area contributed by atoms with E-state index in [0.717, 1.165) is 10.0 Å². The van der Waals surface area contributed by atoms with Crippen LogP contribution in [0.4, 0.5) is 0 Å². The van der Waals surface area contributed by atoms with Gasteiger partial charge in [-0.05, 0) is 31.5 Å². The normalized spacial score (nSPS) is 9.94. The molecule has 0 aromatic heterocycles. The fourth-order valence-electron chi connectivity index (χ4n) is 1.51. The van der Waals surface area contributed by atoms with E-state index in [2.05, 4.69) is 15.9 Å². The van der Waals surface area contributed by atoms with Gasteiger partial charge in [0.05, 0.1) is 6.54 Å². The summed E-state index contributed by atoms with van der Waals surface area (Å²) < 4.78 is 1.02. The molecule has 1 rings (SSSR count). The molecule has 0 bridgehead atoms. The Balaban J connectivity index is 0.00000256. The summed E-state index contributed by atoms with van der Waals surface area (Å²) in [4.78, 5) is 13.4. The maximum atomic E-state index is 11.6. The van der Waals surface area contributed by atoms with Crippen LogP contribution in [0.5, 0.6) is 0 Å². The molecule has 17 heavy (non-hydrogen) atoms. The van der Waals surface area contributed by atoms with E-state index in [1.54, 1.807) is 4.90 Å². The molecule has 0 aliphatic carbocycles. The van der Waals surface area contributed by atoms with Gasteiger partial charge < -0.3 is 10.6 Å². The summed E-state index contributed by atoms with van der Waals surface area (Å²) in [5, 5.41) is 0. The molecule has 2 N–H and O–H groups in total. The highest BCUT2D eigenvalue weighted by atomic mass is 79.9. The SMILES string of the molecule is CC(C)N(Cc1cccc(Br)c1)C(=O)CN.Cl. The number of benzene rings is 1. The molecule has 0 fully saturated rings. The highest BCUT2D eigenvalue weighted by molar-refractivity contribution is 9.10. The number of halogens is 2. The van der Waals surface area contributed by atoms with E-state index >= 15 is 0 Å². The molecular formula is C12H18BrClN2O. The van der Waals surface area contributed by atoms with E-state index in [0.29, 0.717) is 6.54 Å². The van der Waals surface area contributed by atoms with Crippen molar-refractivity contribution in [3.63, 3.8) is 0 Å². The van der Waals surface area contributed by atoms with Crippen molar-refractivity contribution in [1.29, 1.82) is 0 Å². The van der Waals surface area contributed by atoms with Crippen LogP contribution in [-0.4, -0.2) is 23.4 Å². The Morgan fingerprint density at radius 3 is 2.59 bits per heavy atom. The minimum Gasteiger partial charge on any atom is -0.335 e. The van der Waals surface area contributed by atoms with Crippen LogP contribution in [0, 0.1) is 0 Å². The third kappa shape index (κ3) is 5.06. The molecule has 0 saturated heterocycles. The summed E-state index contributed by atoms with van der Waals surface area (Å²) in [6, 6.07) is 8.11. The average molecular weight is 322 g/mol. The number of nitrogens with two attached hydrogens (primary N) is 1. The monoisotopic (exact) mass is 320 g/mol. The topological polar surface area (TPSA) is 46.3 Å². The van der Waals surface area contributed by atoms with E-state index in [9.17, 15) is 4.79 Å². The zero-order chi connectivity index (χ0) is 12.1. The number of carbonyl (C=O) groups excluding carboxylic acids is 1. The second kappa shape index (κ2) is 7.69. The fraction of sp³-hybridized carbons (Fsp3) is 0.417. The number of carbonyl (C=O) groups is 1. The fourth-order valence-corrected chi connectivity index (χ4v) is 1.95. The summed E-state index contributed by atoms with van der Waals surface area (Å²) in [6.07, 6.45) is 0. The number of rotatable bonds is 4. The summed E-state index contributed by atoms with van der Waals surface area (Å²) in [7, 11) is 0. The van der Waals surface area contributed by atoms with E-state index in [4.69, 9.17) is 5.73 Å². The van der Waals surface area contributed by atoms with Crippen molar-refractivity contribution in [2.45, 2.75) is 26.4 Å². The molecule has 1 aromatic rings. The first kappa shape index (κ1) is 16.4. The van der Waals surface area contributed by atoms with Crippen LogP contribution >= 0.6 is 28.3 Å². The number of hydrogen-bond donors (Lipinski definition) is 1. The van der Waals surface area contributed by atoms with Crippen molar-refractivity contribution in [1.82, 2.24) is 4.90 Å². The van der Waals surface area contributed by atoms with Gasteiger partial charge >= 0.3 is 0 Å². The molecule has 1 aromatic carbocycles. The summed E-state index contributed by atoms with van der Waals surface area (Å²) in [5.41, 5.74) is 6.50. The van der Waals surface area contributed by atoms with Crippen LogP contribution in [0.1, 0.15) is 19.4 Å². The average Bonchev–Trinajstić information content (AvgIpc) is 2.24. The van der Waals surface area contributed by atoms with Crippen LogP contribution in [0.3, 0.4) is 0 Å². The van der Waals surface area contributed by atoms with Gasteiger partial charge in [0.25, 0.3) is 0 Å². The van der Waals surface area contributed by atoms with E-state index in [1.807, 2.05) is 38.1 Å². The Bertz CT molecular complexity index is 371. The largest absolute Gasteiger partial charge is 0.335 e. The van der Waals surface area contributed by atoms with Crippen molar-refractivity contribution in [3.8, 4) is 0 Å². The van der Waals surface area contributed by atoms with Crippen molar-refractivity contribution >= 4 is 34.2 Å². The second-order valence-electron chi connectivity index (χ2n) is 3.95. The molecule has 0 unspecified atom stereocenters. The summed E-state index contributed by atoms with van der Waals surface area (Å²) in [5.74, 6) is -0.0185. The maximum Gasteiger partial charge on any atom is 0.236 e. The van der Waals surface area contributed by atoms with E-state index in [1.165, 1.54) is 0 Å². The van der Waals surface area contributed by atoms with Gasteiger partial charge in [0.2, 0.25) is 5.91 Å². The molecule has 5 heteroatoms. The predicted octanol–water partition coefficient (Wildman–Crippen LogP) is 2.57. The molecule has 0 radical (unpaired) electrons. The molecule has 0 aliphatic rings. The van der Waals surface area contributed by atoms with Crippen LogP contribution in [0.2, 0.25) is 0 Å². The quantitative estimate of drug-likeness (QED) is 0.926. The minimum atomic E-state index is -0.0185. The Kier molecular flexibility index (Phi) is 7.43. The predicted molar refractivity (Wildman–Crippen MR) is 76.1 cm³/mol. The third-order valence-electron chi connectivity index (χ3n) is 2.36. The molecule has 0 aliphatic heterocycles. The number of nitrogens with zero attached hydrogens (tertiary/aromatic N) is 1. The van der Waals surface area contributed by atoms with Gasteiger partial charge in [0.1, 0.15) is 0 Å². The van der Waals surface area contributed by atoms with E-state index in [-0.39, 0.29) is 30.9 Å². The molecular weight excluding hydrogens is 304 g/mol.